The molecule has 2 heterocycles. The molecule has 0 aliphatic heterocycles. The second kappa shape index (κ2) is 5.46. The number of hydrogen-bond donors (Lipinski definition) is 1. The minimum absolute atomic E-state index is 0.542. The van der Waals surface area contributed by atoms with Gasteiger partial charge in [0.25, 0.3) is 0 Å². The Kier molecular flexibility index (Phi) is 3.70. The summed E-state index contributed by atoms with van der Waals surface area (Å²) in [6.45, 7) is 0. The maximum Gasteiger partial charge on any atom is 0.135 e. The number of rotatable bonds is 4. The molecule has 1 N–H and O–H groups in total. The van der Waals surface area contributed by atoms with E-state index in [1.807, 2.05) is 25.2 Å². The lowest BCUT2D eigenvalue weighted by Gasteiger charge is -2.07. The minimum Gasteiger partial charge on any atom is -0.373 e. The summed E-state index contributed by atoms with van der Waals surface area (Å²) in [4.78, 5) is 13.5. The summed E-state index contributed by atoms with van der Waals surface area (Å²) in [5.41, 5.74) is 0. The van der Waals surface area contributed by atoms with Gasteiger partial charge in [-0.3, -0.25) is 0 Å². The van der Waals surface area contributed by atoms with Crippen molar-refractivity contribution in [2.75, 3.05) is 12.4 Å². The third-order valence-corrected chi connectivity index (χ3v) is 4.68. The van der Waals surface area contributed by atoms with Gasteiger partial charge < -0.3 is 5.32 Å². The molecule has 3 rings (SSSR count). The average Bonchev–Trinajstić information content (AvgIpc) is 3.25. The lowest BCUT2D eigenvalue weighted by Crippen LogP contribution is -2.00. The van der Waals surface area contributed by atoms with Gasteiger partial charge in [-0.1, -0.05) is 0 Å². The van der Waals surface area contributed by atoms with E-state index in [4.69, 9.17) is 0 Å². The number of nitrogens with one attached hydrogen (secondary N) is 1. The SMILES string of the molecule is CNc1cc(Sc2ncccc2Br)nc(C2CC2)n1. The van der Waals surface area contributed by atoms with Gasteiger partial charge in [0.05, 0.1) is 4.47 Å². The van der Waals surface area contributed by atoms with Crippen LogP contribution in [0.4, 0.5) is 5.82 Å². The normalized spacial score (nSPS) is 14.4. The predicted molar refractivity (Wildman–Crippen MR) is 79.6 cm³/mol. The van der Waals surface area contributed by atoms with Gasteiger partial charge in [0, 0.05) is 25.2 Å². The van der Waals surface area contributed by atoms with Gasteiger partial charge in [0.2, 0.25) is 0 Å². The van der Waals surface area contributed by atoms with Crippen molar-refractivity contribution in [3.8, 4) is 0 Å². The van der Waals surface area contributed by atoms with Gasteiger partial charge in [-0.25, -0.2) is 15.0 Å². The highest BCUT2D eigenvalue weighted by atomic mass is 79.9. The Hall–Kier alpha value is -1.14. The molecule has 1 saturated carbocycles. The fourth-order valence-corrected chi connectivity index (χ4v) is 2.98. The zero-order chi connectivity index (χ0) is 13.2. The van der Waals surface area contributed by atoms with Crippen LogP contribution in [0, 0.1) is 0 Å². The molecule has 1 aliphatic rings. The van der Waals surface area contributed by atoms with E-state index in [2.05, 4.69) is 36.2 Å². The second-order valence-electron chi connectivity index (χ2n) is 4.37. The van der Waals surface area contributed by atoms with Crippen molar-refractivity contribution in [2.24, 2.45) is 0 Å². The van der Waals surface area contributed by atoms with E-state index in [-0.39, 0.29) is 0 Å². The van der Waals surface area contributed by atoms with Crippen molar-refractivity contribution in [1.29, 1.82) is 0 Å². The van der Waals surface area contributed by atoms with E-state index in [9.17, 15) is 0 Å². The maximum absolute atomic E-state index is 4.63. The predicted octanol–water partition coefficient (Wildman–Crippen LogP) is 3.70. The third kappa shape index (κ3) is 3.06. The van der Waals surface area contributed by atoms with Gasteiger partial charge in [-0.15, -0.1) is 0 Å². The Labute approximate surface area is 124 Å². The van der Waals surface area contributed by atoms with Crippen LogP contribution in [0.1, 0.15) is 24.6 Å². The first-order valence-electron chi connectivity index (χ1n) is 6.11. The Morgan fingerprint density at radius 1 is 1.37 bits per heavy atom. The van der Waals surface area contributed by atoms with Gasteiger partial charge in [-0.05, 0) is 52.7 Å². The van der Waals surface area contributed by atoms with Crippen LogP contribution in [0.2, 0.25) is 0 Å². The number of nitrogens with zero attached hydrogens (tertiary/aromatic N) is 3. The first-order valence-corrected chi connectivity index (χ1v) is 7.72. The van der Waals surface area contributed by atoms with Crippen molar-refractivity contribution in [1.82, 2.24) is 15.0 Å². The Morgan fingerprint density at radius 3 is 2.89 bits per heavy atom. The standard InChI is InChI=1S/C13H13BrN4S/c1-15-10-7-11(18-12(17-10)8-4-5-8)19-13-9(14)3-2-6-16-13/h2-3,6-8H,4-5H2,1H3,(H,15,17,18). The molecule has 19 heavy (non-hydrogen) atoms. The van der Waals surface area contributed by atoms with Gasteiger partial charge >= 0.3 is 0 Å². The van der Waals surface area contributed by atoms with Gasteiger partial charge in [0.1, 0.15) is 21.7 Å². The molecule has 0 amide bonds. The molecule has 4 nitrogen and oxygen atoms in total. The molecule has 1 fully saturated rings. The first kappa shape index (κ1) is 12.9. The van der Waals surface area contributed by atoms with E-state index in [0.717, 1.165) is 26.2 Å². The molecule has 98 valence electrons. The molecule has 0 radical (unpaired) electrons. The molecular formula is C13H13BrN4S. The Balaban J connectivity index is 1.91. The average molecular weight is 337 g/mol. The molecule has 2 aromatic heterocycles. The highest BCUT2D eigenvalue weighted by molar-refractivity contribution is 9.10. The van der Waals surface area contributed by atoms with Crippen LogP contribution in [0.25, 0.3) is 0 Å². The molecule has 6 heteroatoms. The number of halogens is 1. The van der Waals surface area contributed by atoms with E-state index in [1.54, 1.807) is 18.0 Å². The highest BCUT2D eigenvalue weighted by Crippen LogP contribution is 2.40. The summed E-state index contributed by atoms with van der Waals surface area (Å²) >= 11 is 5.06. The summed E-state index contributed by atoms with van der Waals surface area (Å²) in [5, 5.41) is 4.95. The molecule has 0 aromatic carbocycles. The number of hydrogen-bond acceptors (Lipinski definition) is 5. The maximum atomic E-state index is 4.63. The zero-order valence-corrected chi connectivity index (χ0v) is 12.8. The molecule has 2 aromatic rings. The molecule has 0 spiro atoms. The fourth-order valence-electron chi connectivity index (χ4n) is 1.69. The highest BCUT2D eigenvalue weighted by Gasteiger charge is 2.27. The molecule has 0 unspecified atom stereocenters. The molecule has 0 saturated heterocycles. The van der Waals surface area contributed by atoms with Crippen LogP contribution in [0.15, 0.2) is 38.9 Å². The van der Waals surface area contributed by atoms with Gasteiger partial charge in [-0.2, -0.15) is 0 Å². The van der Waals surface area contributed by atoms with Gasteiger partial charge in [0.15, 0.2) is 0 Å². The van der Waals surface area contributed by atoms with E-state index in [1.165, 1.54) is 12.8 Å². The first-order chi connectivity index (χ1) is 9.26. The van der Waals surface area contributed by atoms with Crippen molar-refractivity contribution in [3.63, 3.8) is 0 Å². The van der Waals surface area contributed by atoms with Crippen molar-refractivity contribution in [3.05, 3.63) is 34.7 Å². The van der Waals surface area contributed by atoms with Crippen LogP contribution in [-0.2, 0) is 0 Å². The number of pyridine rings is 1. The Bertz CT molecular complexity index is 601. The lowest BCUT2D eigenvalue weighted by atomic mass is 10.4. The lowest BCUT2D eigenvalue weighted by molar-refractivity contribution is 0.879. The Morgan fingerprint density at radius 2 is 2.21 bits per heavy atom. The van der Waals surface area contributed by atoms with Crippen LogP contribution >= 0.6 is 27.7 Å². The van der Waals surface area contributed by atoms with Crippen LogP contribution < -0.4 is 5.32 Å². The summed E-state index contributed by atoms with van der Waals surface area (Å²) in [6, 6.07) is 5.84. The largest absolute Gasteiger partial charge is 0.373 e. The molecule has 0 bridgehead atoms. The van der Waals surface area contributed by atoms with E-state index < -0.39 is 0 Å². The third-order valence-electron chi connectivity index (χ3n) is 2.84. The minimum atomic E-state index is 0.542. The van der Waals surface area contributed by atoms with Crippen molar-refractivity contribution < 1.29 is 0 Å². The fraction of sp³-hybridized carbons (Fsp3) is 0.308. The monoisotopic (exact) mass is 336 g/mol. The zero-order valence-electron chi connectivity index (χ0n) is 10.4. The van der Waals surface area contributed by atoms with Crippen LogP contribution in [-0.4, -0.2) is 22.0 Å². The summed E-state index contributed by atoms with van der Waals surface area (Å²) in [5.74, 6) is 2.35. The summed E-state index contributed by atoms with van der Waals surface area (Å²) in [6.07, 6.45) is 4.18. The van der Waals surface area contributed by atoms with Crippen LogP contribution in [0.5, 0.6) is 0 Å². The van der Waals surface area contributed by atoms with E-state index in [0.29, 0.717) is 5.92 Å². The number of aromatic nitrogens is 3. The molecule has 0 atom stereocenters. The van der Waals surface area contributed by atoms with Crippen LogP contribution in [0.3, 0.4) is 0 Å². The summed E-state index contributed by atoms with van der Waals surface area (Å²) < 4.78 is 0.984. The smallest absolute Gasteiger partial charge is 0.135 e. The van der Waals surface area contributed by atoms with Crippen molar-refractivity contribution in [2.45, 2.75) is 28.8 Å². The topological polar surface area (TPSA) is 50.7 Å². The quantitative estimate of drug-likeness (QED) is 0.862. The van der Waals surface area contributed by atoms with Crippen molar-refractivity contribution >= 4 is 33.5 Å². The number of anilines is 1. The molecular weight excluding hydrogens is 324 g/mol. The molecule has 1 aliphatic carbocycles. The summed E-state index contributed by atoms with van der Waals surface area (Å²) in [7, 11) is 1.88. The second-order valence-corrected chi connectivity index (χ2v) is 6.23. The van der Waals surface area contributed by atoms with E-state index >= 15 is 0 Å².